The normalized spacial score (nSPS) is 19.6. The number of hydrogen-bond acceptors (Lipinski definition) is 3. The van der Waals surface area contributed by atoms with Crippen molar-refractivity contribution in [3.63, 3.8) is 0 Å². The molecule has 1 heterocycles. The van der Waals surface area contributed by atoms with Crippen LogP contribution in [0.25, 0.3) is 0 Å². The van der Waals surface area contributed by atoms with Gasteiger partial charge in [-0.2, -0.15) is 0 Å². The van der Waals surface area contributed by atoms with E-state index in [0.717, 1.165) is 5.56 Å². The zero-order valence-electron chi connectivity index (χ0n) is 12.5. The Bertz CT molecular complexity index is 804. The second kappa shape index (κ2) is 6.34. The lowest BCUT2D eigenvalue weighted by molar-refractivity contribution is -0.120. The van der Waals surface area contributed by atoms with Crippen LogP contribution in [-0.2, 0) is 20.4 Å². The molecule has 1 aliphatic heterocycles. The van der Waals surface area contributed by atoms with Gasteiger partial charge in [0.1, 0.15) is 5.25 Å². The molecule has 0 aliphatic carbocycles. The molecule has 2 aromatic rings. The van der Waals surface area contributed by atoms with E-state index in [1.165, 1.54) is 0 Å². The minimum absolute atomic E-state index is 0.124. The minimum Gasteiger partial charge on any atom is -0.326 e. The maximum atomic E-state index is 12.6. The Balaban J connectivity index is 1.75. The summed E-state index contributed by atoms with van der Waals surface area (Å²) in [6.45, 7) is 1.89. The number of benzene rings is 2. The fourth-order valence-corrected chi connectivity index (χ4v) is 3.87. The van der Waals surface area contributed by atoms with Gasteiger partial charge in [-0.15, -0.1) is 0 Å². The van der Waals surface area contributed by atoms with Gasteiger partial charge in [0.05, 0.1) is 27.8 Å². The predicted octanol–water partition coefficient (Wildman–Crippen LogP) is 2.45. The Morgan fingerprint density at radius 1 is 1.17 bits per heavy atom. The minimum atomic E-state index is -1.54. The van der Waals surface area contributed by atoms with Crippen LogP contribution in [0.15, 0.2) is 53.4 Å². The summed E-state index contributed by atoms with van der Waals surface area (Å²) in [5.41, 5.74) is 2.17. The van der Waals surface area contributed by atoms with Crippen molar-refractivity contribution in [1.29, 1.82) is 0 Å². The number of fused-ring (bicyclic) bond motifs is 1. The van der Waals surface area contributed by atoms with E-state index >= 15 is 0 Å². The van der Waals surface area contributed by atoms with E-state index in [4.69, 9.17) is 0 Å². The monoisotopic (exact) mass is 328 g/mol. The summed E-state index contributed by atoms with van der Waals surface area (Å²) in [7, 11) is -1.54. The first kappa shape index (κ1) is 15.4. The van der Waals surface area contributed by atoms with Crippen molar-refractivity contribution < 1.29 is 13.8 Å². The van der Waals surface area contributed by atoms with Crippen molar-refractivity contribution in [1.82, 2.24) is 0 Å². The fraction of sp³-hybridized carbons (Fsp3) is 0.176. The number of para-hydroxylation sites is 2. The topological polar surface area (TPSA) is 75.3 Å². The van der Waals surface area contributed by atoms with Crippen LogP contribution in [0.2, 0.25) is 0 Å². The molecule has 3 rings (SSSR count). The zero-order chi connectivity index (χ0) is 16.4. The fourth-order valence-electron chi connectivity index (χ4n) is 2.46. The second-order valence-corrected chi connectivity index (χ2v) is 6.94. The summed E-state index contributed by atoms with van der Waals surface area (Å²) in [6.07, 6.45) is -0.124. The Morgan fingerprint density at radius 2 is 1.87 bits per heavy atom. The van der Waals surface area contributed by atoms with E-state index in [9.17, 15) is 13.8 Å². The number of carbonyl (C=O) groups excluding carboxylic acids is 2. The van der Waals surface area contributed by atoms with Crippen LogP contribution in [0.1, 0.15) is 12.0 Å². The van der Waals surface area contributed by atoms with Crippen molar-refractivity contribution >= 4 is 34.0 Å². The highest BCUT2D eigenvalue weighted by Crippen LogP contribution is 2.28. The molecule has 0 fully saturated rings. The highest BCUT2D eigenvalue weighted by atomic mass is 32.2. The Kier molecular flexibility index (Phi) is 4.25. The second-order valence-electron chi connectivity index (χ2n) is 5.34. The standard InChI is InChI=1S/C17H16N2O3S/c1-11-6-2-3-7-12(11)18-16(20)10-15-17(21)19-13-8-4-5-9-14(13)23(15)22/h2-9,15H,10H2,1H3,(H,18,20)(H,19,21). The highest BCUT2D eigenvalue weighted by molar-refractivity contribution is 7.86. The molecule has 2 amide bonds. The first-order valence-electron chi connectivity index (χ1n) is 7.22. The van der Waals surface area contributed by atoms with Crippen LogP contribution >= 0.6 is 0 Å². The summed E-state index contributed by atoms with van der Waals surface area (Å²) in [4.78, 5) is 24.9. The van der Waals surface area contributed by atoms with Gasteiger partial charge >= 0.3 is 0 Å². The smallest absolute Gasteiger partial charge is 0.241 e. The summed E-state index contributed by atoms with van der Waals surface area (Å²) < 4.78 is 12.6. The van der Waals surface area contributed by atoms with Crippen LogP contribution in [0.4, 0.5) is 11.4 Å². The van der Waals surface area contributed by atoms with Crippen molar-refractivity contribution in [2.24, 2.45) is 0 Å². The molecule has 2 atom stereocenters. The number of amides is 2. The third kappa shape index (κ3) is 3.17. The molecule has 0 bridgehead atoms. The summed E-state index contributed by atoms with van der Waals surface area (Å²) >= 11 is 0. The average Bonchev–Trinajstić information content (AvgIpc) is 2.54. The lowest BCUT2D eigenvalue weighted by Crippen LogP contribution is -2.39. The van der Waals surface area contributed by atoms with Crippen LogP contribution in [-0.4, -0.2) is 21.3 Å². The molecule has 23 heavy (non-hydrogen) atoms. The predicted molar refractivity (Wildman–Crippen MR) is 89.7 cm³/mol. The number of anilines is 2. The molecule has 2 N–H and O–H groups in total. The number of carbonyl (C=O) groups is 2. The molecule has 118 valence electrons. The molecule has 0 saturated heterocycles. The van der Waals surface area contributed by atoms with Gasteiger partial charge in [-0.25, -0.2) is 0 Å². The van der Waals surface area contributed by atoms with Crippen molar-refractivity contribution in [3.8, 4) is 0 Å². The molecule has 0 aromatic heterocycles. The van der Waals surface area contributed by atoms with E-state index in [1.807, 2.05) is 25.1 Å². The molecule has 6 heteroatoms. The van der Waals surface area contributed by atoms with Gasteiger partial charge in [-0.3, -0.25) is 13.8 Å². The van der Waals surface area contributed by atoms with Crippen LogP contribution < -0.4 is 10.6 Å². The third-order valence-corrected chi connectivity index (χ3v) is 5.39. The van der Waals surface area contributed by atoms with Gasteiger partial charge in [0.2, 0.25) is 11.8 Å². The van der Waals surface area contributed by atoms with Gasteiger partial charge < -0.3 is 10.6 Å². The summed E-state index contributed by atoms with van der Waals surface area (Å²) in [6, 6.07) is 14.3. The van der Waals surface area contributed by atoms with Gasteiger partial charge in [0, 0.05) is 5.69 Å². The summed E-state index contributed by atoms with van der Waals surface area (Å²) in [5.74, 6) is -0.714. The van der Waals surface area contributed by atoms with E-state index < -0.39 is 16.0 Å². The van der Waals surface area contributed by atoms with Gasteiger partial charge in [0.15, 0.2) is 0 Å². The van der Waals surface area contributed by atoms with Crippen LogP contribution in [0.5, 0.6) is 0 Å². The van der Waals surface area contributed by atoms with Crippen LogP contribution in [0, 0.1) is 6.92 Å². The van der Waals surface area contributed by atoms with E-state index in [1.54, 1.807) is 30.3 Å². The zero-order valence-corrected chi connectivity index (χ0v) is 13.4. The molecular formula is C17H16N2O3S. The third-order valence-electron chi connectivity index (χ3n) is 3.70. The van der Waals surface area contributed by atoms with E-state index in [2.05, 4.69) is 10.6 Å². The Hall–Kier alpha value is -2.47. The van der Waals surface area contributed by atoms with Crippen molar-refractivity contribution in [2.75, 3.05) is 10.6 Å². The molecular weight excluding hydrogens is 312 g/mol. The molecule has 0 radical (unpaired) electrons. The number of nitrogens with one attached hydrogen (secondary N) is 2. The highest BCUT2D eigenvalue weighted by Gasteiger charge is 2.34. The first-order valence-corrected chi connectivity index (χ1v) is 8.43. The van der Waals surface area contributed by atoms with E-state index in [0.29, 0.717) is 16.3 Å². The molecule has 2 unspecified atom stereocenters. The Morgan fingerprint density at radius 3 is 2.65 bits per heavy atom. The lowest BCUT2D eigenvalue weighted by atomic mass is 10.2. The van der Waals surface area contributed by atoms with Crippen molar-refractivity contribution in [3.05, 3.63) is 54.1 Å². The first-order chi connectivity index (χ1) is 11.1. The van der Waals surface area contributed by atoms with E-state index in [-0.39, 0.29) is 18.2 Å². The average molecular weight is 328 g/mol. The molecule has 0 spiro atoms. The van der Waals surface area contributed by atoms with Crippen LogP contribution in [0.3, 0.4) is 0 Å². The Labute approximate surface area is 136 Å². The lowest BCUT2D eigenvalue weighted by Gasteiger charge is -2.23. The number of hydrogen-bond donors (Lipinski definition) is 2. The van der Waals surface area contributed by atoms with Crippen molar-refractivity contribution in [2.45, 2.75) is 23.5 Å². The largest absolute Gasteiger partial charge is 0.326 e. The maximum absolute atomic E-state index is 12.6. The number of rotatable bonds is 3. The molecule has 1 aliphatic rings. The molecule has 2 aromatic carbocycles. The molecule has 0 saturated carbocycles. The molecule has 5 nitrogen and oxygen atoms in total. The summed E-state index contributed by atoms with van der Waals surface area (Å²) in [5, 5.41) is 4.60. The maximum Gasteiger partial charge on any atom is 0.241 e. The number of aryl methyl sites for hydroxylation is 1. The van der Waals surface area contributed by atoms with Gasteiger partial charge in [-0.05, 0) is 30.7 Å². The van der Waals surface area contributed by atoms with Gasteiger partial charge in [-0.1, -0.05) is 30.3 Å². The quantitative estimate of drug-likeness (QED) is 0.909. The SMILES string of the molecule is Cc1ccccc1NC(=O)CC1C(=O)Nc2ccccc2S1=O. The van der Waals surface area contributed by atoms with Gasteiger partial charge in [0.25, 0.3) is 0 Å².